The van der Waals surface area contributed by atoms with Gasteiger partial charge in [-0.25, -0.2) is 4.79 Å². The number of hydrogen-bond acceptors (Lipinski definition) is 5. The molecule has 3 N–H and O–H groups in total. The second kappa shape index (κ2) is 9.20. The van der Waals surface area contributed by atoms with Gasteiger partial charge in [0.15, 0.2) is 6.04 Å². The van der Waals surface area contributed by atoms with Crippen LogP contribution in [0.4, 0.5) is 5.69 Å². The zero-order valence-corrected chi connectivity index (χ0v) is 15.9. The maximum Gasteiger partial charge on any atom is 0.330 e. The summed E-state index contributed by atoms with van der Waals surface area (Å²) in [6.07, 6.45) is 1.01. The fraction of sp³-hybridized carbons (Fsp3) is 0.286. The summed E-state index contributed by atoms with van der Waals surface area (Å²) in [5, 5.41) is 14.8. The Morgan fingerprint density at radius 2 is 1.93 bits per heavy atom. The SMILES string of the molecule is COc1ccc(C(NC(=O)c2cccc(NC(=O)C3CCCO3)c2)C(=O)O)cc1. The predicted octanol–water partition coefficient (Wildman–Crippen LogP) is 2.37. The molecule has 8 nitrogen and oxygen atoms in total. The number of carbonyl (C=O) groups is 3. The molecule has 1 aliphatic rings. The average molecular weight is 398 g/mol. The number of benzene rings is 2. The Morgan fingerprint density at radius 3 is 2.55 bits per heavy atom. The van der Waals surface area contributed by atoms with Crippen LogP contribution in [0.15, 0.2) is 48.5 Å². The van der Waals surface area contributed by atoms with Crippen LogP contribution in [-0.4, -0.2) is 42.7 Å². The van der Waals surface area contributed by atoms with Crippen molar-refractivity contribution in [2.45, 2.75) is 25.0 Å². The smallest absolute Gasteiger partial charge is 0.330 e. The number of hydrogen-bond donors (Lipinski definition) is 3. The van der Waals surface area contributed by atoms with Gasteiger partial charge in [0.25, 0.3) is 11.8 Å². The van der Waals surface area contributed by atoms with Crippen LogP contribution in [0.5, 0.6) is 5.75 Å². The summed E-state index contributed by atoms with van der Waals surface area (Å²) in [7, 11) is 1.51. The molecule has 3 rings (SSSR count). The van der Waals surface area contributed by atoms with E-state index >= 15 is 0 Å². The third-order valence-electron chi connectivity index (χ3n) is 4.59. The minimum absolute atomic E-state index is 0.231. The normalized spacial score (nSPS) is 16.7. The zero-order valence-electron chi connectivity index (χ0n) is 15.9. The monoisotopic (exact) mass is 398 g/mol. The van der Waals surface area contributed by atoms with Crippen molar-refractivity contribution in [3.63, 3.8) is 0 Å². The maximum atomic E-state index is 12.6. The molecule has 2 amide bonds. The molecule has 0 bridgehead atoms. The molecule has 1 saturated heterocycles. The van der Waals surface area contributed by atoms with Crippen molar-refractivity contribution in [3.8, 4) is 5.75 Å². The molecule has 1 fully saturated rings. The molecule has 0 aromatic heterocycles. The van der Waals surface area contributed by atoms with Gasteiger partial charge in [-0.3, -0.25) is 9.59 Å². The summed E-state index contributed by atoms with van der Waals surface area (Å²) in [6.45, 7) is 0.558. The summed E-state index contributed by atoms with van der Waals surface area (Å²) in [5.74, 6) is -1.44. The maximum absolute atomic E-state index is 12.6. The third-order valence-corrected chi connectivity index (χ3v) is 4.59. The first-order valence-corrected chi connectivity index (χ1v) is 9.18. The van der Waals surface area contributed by atoms with Gasteiger partial charge >= 0.3 is 5.97 Å². The van der Waals surface area contributed by atoms with Crippen LogP contribution in [0.3, 0.4) is 0 Å². The number of rotatable bonds is 7. The van der Waals surface area contributed by atoms with Gasteiger partial charge in [-0.1, -0.05) is 18.2 Å². The van der Waals surface area contributed by atoms with E-state index in [0.29, 0.717) is 30.0 Å². The number of carboxylic acids is 1. The van der Waals surface area contributed by atoms with Gasteiger partial charge < -0.3 is 25.2 Å². The van der Waals surface area contributed by atoms with Crippen molar-refractivity contribution in [2.75, 3.05) is 19.0 Å². The average Bonchev–Trinajstić information content (AvgIpc) is 3.27. The molecular formula is C21H22N2O6. The van der Waals surface area contributed by atoms with E-state index in [2.05, 4.69) is 10.6 Å². The number of methoxy groups -OCH3 is 1. The topological polar surface area (TPSA) is 114 Å². The predicted molar refractivity (Wildman–Crippen MR) is 105 cm³/mol. The molecular weight excluding hydrogens is 376 g/mol. The van der Waals surface area contributed by atoms with Crippen molar-refractivity contribution < 1.29 is 29.0 Å². The lowest BCUT2D eigenvalue weighted by atomic mass is 10.1. The molecule has 29 heavy (non-hydrogen) atoms. The number of carboxylic acid groups (broad SMARTS) is 1. The van der Waals surface area contributed by atoms with Crippen LogP contribution in [0.1, 0.15) is 34.8 Å². The van der Waals surface area contributed by atoms with Gasteiger partial charge in [0.05, 0.1) is 7.11 Å². The first kappa shape index (κ1) is 20.3. The van der Waals surface area contributed by atoms with Gasteiger partial charge in [-0.2, -0.15) is 0 Å². The van der Waals surface area contributed by atoms with Crippen molar-refractivity contribution >= 4 is 23.5 Å². The van der Waals surface area contributed by atoms with Crippen LogP contribution in [-0.2, 0) is 14.3 Å². The Kier molecular flexibility index (Phi) is 6.46. The van der Waals surface area contributed by atoms with Crippen LogP contribution < -0.4 is 15.4 Å². The molecule has 2 atom stereocenters. The zero-order chi connectivity index (χ0) is 20.8. The number of ether oxygens (including phenoxy) is 2. The quantitative estimate of drug-likeness (QED) is 0.660. The Morgan fingerprint density at radius 1 is 1.17 bits per heavy atom. The van der Waals surface area contributed by atoms with E-state index in [0.717, 1.165) is 6.42 Å². The van der Waals surface area contributed by atoms with Crippen molar-refractivity contribution in [1.82, 2.24) is 5.32 Å². The van der Waals surface area contributed by atoms with E-state index in [-0.39, 0.29) is 11.5 Å². The lowest BCUT2D eigenvalue weighted by Crippen LogP contribution is -2.33. The summed E-state index contributed by atoms with van der Waals surface area (Å²) >= 11 is 0. The molecule has 0 spiro atoms. The Balaban J connectivity index is 1.71. The van der Waals surface area contributed by atoms with Crippen LogP contribution in [0.2, 0.25) is 0 Å². The van der Waals surface area contributed by atoms with Crippen molar-refractivity contribution in [1.29, 1.82) is 0 Å². The molecule has 1 aliphatic heterocycles. The number of aliphatic carboxylic acids is 1. The number of carbonyl (C=O) groups excluding carboxylic acids is 2. The van der Waals surface area contributed by atoms with E-state index in [1.54, 1.807) is 42.5 Å². The minimum Gasteiger partial charge on any atom is -0.497 e. The van der Waals surface area contributed by atoms with Gasteiger partial charge in [0.2, 0.25) is 0 Å². The Hall–Kier alpha value is -3.39. The summed E-state index contributed by atoms with van der Waals surface area (Å²) in [5.41, 5.74) is 1.08. The first-order chi connectivity index (χ1) is 14.0. The van der Waals surface area contributed by atoms with Gasteiger partial charge in [-0.05, 0) is 48.7 Å². The molecule has 2 unspecified atom stereocenters. The van der Waals surface area contributed by atoms with Crippen molar-refractivity contribution in [2.24, 2.45) is 0 Å². The van der Waals surface area contributed by atoms with E-state index in [9.17, 15) is 19.5 Å². The standard InChI is InChI=1S/C21H22N2O6/c1-28-16-9-7-13(8-10-16)18(21(26)27)23-19(24)14-4-2-5-15(12-14)22-20(25)17-6-3-11-29-17/h2,4-5,7-10,12,17-18H,3,6,11H2,1H3,(H,22,25)(H,23,24)(H,26,27). The molecule has 1 heterocycles. The highest BCUT2D eigenvalue weighted by atomic mass is 16.5. The van der Waals surface area contributed by atoms with Crippen LogP contribution in [0, 0.1) is 0 Å². The van der Waals surface area contributed by atoms with E-state index in [1.807, 2.05) is 0 Å². The molecule has 2 aromatic carbocycles. The van der Waals surface area contributed by atoms with Gasteiger partial charge in [-0.15, -0.1) is 0 Å². The molecule has 152 valence electrons. The summed E-state index contributed by atoms with van der Waals surface area (Å²) in [6, 6.07) is 11.5. The first-order valence-electron chi connectivity index (χ1n) is 9.18. The molecule has 8 heteroatoms. The molecule has 0 aliphatic carbocycles. The molecule has 0 saturated carbocycles. The fourth-order valence-corrected chi connectivity index (χ4v) is 3.04. The van der Waals surface area contributed by atoms with Crippen LogP contribution >= 0.6 is 0 Å². The molecule has 2 aromatic rings. The highest BCUT2D eigenvalue weighted by Gasteiger charge is 2.25. The van der Waals surface area contributed by atoms with Crippen molar-refractivity contribution in [3.05, 3.63) is 59.7 Å². The Labute approximate surface area is 167 Å². The van der Waals surface area contributed by atoms with Gasteiger partial charge in [0, 0.05) is 17.9 Å². The third kappa shape index (κ3) is 5.11. The summed E-state index contributed by atoms with van der Waals surface area (Å²) < 4.78 is 10.4. The second-order valence-electron chi connectivity index (χ2n) is 6.59. The Bertz CT molecular complexity index is 890. The highest BCUT2D eigenvalue weighted by molar-refractivity contribution is 5.99. The van der Waals surface area contributed by atoms with E-state index < -0.39 is 24.0 Å². The fourth-order valence-electron chi connectivity index (χ4n) is 3.04. The van der Waals surface area contributed by atoms with Crippen LogP contribution in [0.25, 0.3) is 0 Å². The highest BCUT2D eigenvalue weighted by Crippen LogP contribution is 2.20. The largest absolute Gasteiger partial charge is 0.497 e. The lowest BCUT2D eigenvalue weighted by molar-refractivity contribution is -0.139. The number of amides is 2. The number of nitrogens with one attached hydrogen (secondary N) is 2. The second-order valence-corrected chi connectivity index (χ2v) is 6.59. The number of anilines is 1. The lowest BCUT2D eigenvalue weighted by Gasteiger charge is -2.16. The summed E-state index contributed by atoms with van der Waals surface area (Å²) in [4.78, 5) is 36.5. The van der Waals surface area contributed by atoms with E-state index in [1.165, 1.54) is 13.2 Å². The minimum atomic E-state index is -1.22. The van der Waals surface area contributed by atoms with Gasteiger partial charge in [0.1, 0.15) is 11.9 Å². The molecule has 0 radical (unpaired) electrons. The van der Waals surface area contributed by atoms with E-state index in [4.69, 9.17) is 9.47 Å².